The molecule has 1 aliphatic rings. The fourth-order valence-electron chi connectivity index (χ4n) is 3.74. The van der Waals surface area contributed by atoms with E-state index in [4.69, 9.17) is 5.73 Å². The van der Waals surface area contributed by atoms with E-state index in [1.54, 1.807) is 6.20 Å². The van der Waals surface area contributed by atoms with Crippen molar-refractivity contribution >= 4 is 33.0 Å². The molecule has 2 N–H and O–H groups in total. The fraction of sp³-hybridized carbons (Fsp3) is 0.333. The molecule has 0 fully saturated rings. The molecule has 1 aliphatic heterocycles. The van der Waals surface area contributed by atoms with E-state index in [0.717, 1.165) is 41.2 Å². The Labute approximate surface area is 179 Å². The van der Waals surface area contributed by atoms with Gasteiger partial charge in [-0.05, 0) is 71.4 Å². The van der Waals surface area contributed by atoms with Crippen molar-refractivity contribution < 1.29 is 13.6 Å². The third-order valence-electron chi connectivity index (χ3n) is 5.22. The van der Waals surface area contributed by atoms with Gasteiger partial charge < -0.3 is 5.73 Å². The summed E-state index contributed by atoms with van der Waals surface area (Å²) in [6.45, 7) is 1.16. The minimum atomic E-state index is -0.881. The Morgan fingerprint density at radius 1 is 1.31 bits per heavy atom. The molecule has 0 aliphatic carbocycles. The summed E-state index contributed by atoms with van der Waals surface area (Å²) < 4.78 is 29.5. The van der Waals surface area contributed by atoms with Gasteiger partial charge in [0, 0.05) is 23.4 Å². The fourth-order valence-corrected chi connectivity index (χ4v) is 5.40. The van der Waals surface area contributed by atoms with Crippen LogP contribution < -0.4 is 5.73 Å². The lowest BCUT2D eigenvalue weighted by Crippen LogP contribution is -2.20. The van der Waals surface area contributed by atoms with Gasteiger partial charge in [0.25, 0.3) is 0 Å². The maximum Gasteiger partial charge on any atom is 0.173 e. The van der Waals surface area contributed by atoms with Crippen molar-refractivity contribution in [2.75, 3.05) is 6.54 Å². The number of rotatable bonds is 6. The van der Waals surface area contributed by atoms with Gasteiger partial charge in [-0.15, -0.1) is 11.3 Å². The van der Waals surface area contributed by atoms with Crippen LogP contribution >= 0.6 is 27.3 Å². The molecule has 0 bridgehead atoms. The number of aryl methyl sites for hydroxylation is 2. The van der Waals surface area contributed by atoms with Crippen molar-refractivity contribution in [3.63, 3.8) is 0 Å². The number of carbonyl (C=O) groups is 1. The normalized spacial score (nSPS) is 14.2. The number of halogens is 3. The number of nitrogens with zero attached hydrogens (tertiary/aromatic N) is 2. The first-order valence-corrected chi connectivity index (χ1v) is 11.1. The summed E-state index contributed by atoms with van der Waals surface area (Å²) in [7, 11) is 0. The Morgan fingerprint density at radius 3 is 2.90 bits per heavy atom. The summed E-state index contributed by atoms with van der Waals surface area (Å²) in [6, 6.07) is 5.78. The van der Waals surface area contributed by atoms with Gasteiger partial charge in [0.15, 0.2) is 17.4 Å². The lowest BCUT2D eigenvalue weighted by atomic mass is 9.93. The van der Waals surface area contributed by atoms with Crippen LogP contribution in [0, 0.1) is 17.6 Å². The molecule has 3 heterocycles. The van der Waals surface area contributed by atoms with Crippen molar-refractivity contribution in [2.24, 2.45) is 11.7 Å². The summed E-state index contributed by atoms with van der Waals surface area (Å²) in [5.74, 6) is -1.86. The predicted octanol–water partition coefficient (Wildman–Crippen LogP) is 4.99. The number of fused-ring (bicyclic) bond motifs is 3. The van der Waals surface area contributed by atoms with E-state index in [1.165, 1.54) is 28.3 Å². The summed E-state index contributed by atoms with van der Waals surface area (Å²) >= 11 is 5.10. The molecule has 1 unspecified atom stereocenters. The highest BCUT2D eigenvalue weighted by Crippen LogP contribution is 2.39. The van der Waals surface area contributed by atoms with E-state index in [-0.39, 0.29) is 18.1 Å². The third kappa shape index (κ3) is 4.20. The number of nitrogens with two attached hydrogens (primary N) is 1. The van der Waals surface area contributed by atoms with Gasteiger partial charge in [-0.2, -0.15) is 5.10 Å². The maximum absolute atomic E-state index is 13.5. The topological polar surface area (TPSA) is 60.9 Å². The molecule has 4 nitrogen and oxygen atoms in total. The van der Waals surface area contributed by atoms with Gasteiger partial charge >= 0.3 is 0 Å². The average molecular weight is 480 g/mol. The molecule has 8 heteroatoms. The van der Waals surface area contributed by atoms with Crippen molar-refractivity contribution in [1.82, 2.24) is 9.78 Å². The second-order valence-corrected chi connectivity index (χ2v) is 9.29. The van der Waals surface area contributed by atoms with E-state index in [2.05, 4.69) is 21.0 Å². The van der Waals surface area contributed by atoms with Crippen LogP contribution in [0.3, 0.4) is 0 Å². The van der Waals surface area contributed by atoms with Crippen molar-refractivity contribution in [3.05, 3.63) is 61.9 Å². The van der Waals surface area contributed by atoms with Crippen LogP contribution in [0.4, 0.5) is 8.78 Å². The molecule has 2 aromatic heterocycles. The Morgan fingerprint density at radius 2 is 2.14 bits per heavy atom. The van der Waals surface area contributed by atoms with Crippen molar-refractivity contribution in [3.8, 4) is 11.3 Å². The molecule has 1 atom stereocenters. The van der Waals surface area contributed by atoms with E-state index in [1.807, 2.05) is 10.7 Å². The Hall–Kier alpha value is -1.90. The molecule has 0 amide bonds. The zero-order valence-electron chi connectivity index (χ0n) is 15.6. The minimum Gasteiger partial charge on any atom is -0.330 e. The monoisotopic (exact) mass is 479 g/mol. The SMILES string of the molecule is NCC(CC(=O)c1cc2c(s1)CCCn1ncc(Br)c1-2)Cc1ccc(F)c(F)c1. The zero-order valence-corrected chi connectivity index (χ0v) is 18.0. The highest BCUT2D eigenvalue weighted by atomic mass is 79.9. The van der Waals surface area contributed by atoms with Gasteiger partial charge in [-0.25, -0.2) is 8.78 Å². The summed E-state index contributed by atoms with van der Waals surface area (Å²) in [5.41, 5.74) is 8.59. The lowest BCUT2D eigenvalue weighted by molar-refractivity contribution is 0.0966. The molecule has 0 spiro atoms. The molecule has 0 radical (unpaired) electrons. The van der Waals surface area contributed by atoms with Gasteiger partial charge in [0.05, 0.1) is 21.2 Å². The van der Waals surface area contributed by atoms with Crippen molar-refractivity contribution in [1.29, 1.82) is 0 Å². The highest BCUT2D eigenvalue weighted by Gasteiger charge is 2.24. The number of Topliss-reactive ketones (excluding diaryl/α,β-unsaturated/α-hetero) is 1. The number of thiophene rings is 1. The number of benzene rings is 1. The van der Waals surface area contributed by atoms with Crippen LogP contribution in [0.1, 0.15) is 33.0 Å². The largest absolute Gasteiger partial charge is 0.330 e. The zero-order chi connectivity index (χ0) is 20.5. The number of carbonyl (C=O) groups excluding carboxylic acids is 1. The molecular formula is C21H20BrF2N3OS. The van der Waals surface area contributed by atoms with Crippen LogP contribution in [0.15, 0.2) is 34.9 Å². The highest BCUT2D eigenvalue weighted by molar-refractivity contribution is 9.10. The van der Waals surface area contributed by atoms with E-state index in [0.29, 0.717) is 23.4 Å². The van der Waals surface area contributed by atoms with Crippen LogP contribution in [0.5, 0.6) is 0 Å². The standard InChI is InChI=1S/C21H20BrF2N3OS/c22-15-11-26-27-5-1-2-19-14(21(15)27)9-20(29-19)18(28)8-13(10-25)6-12-3-4-16(23)17(24)7-12/h3-4,7,9,11,13H,1-2,5-6,8,10,25H2. The summed E-state index contributed by atoms with van der Waals surface area (Å²) in [4.78, 5) is 14.9. The van der Waals surface area contributed by atoms with Gasteiger partial charge in [0.1, 0.15) is 0 Å². The second-order valence-electron chi connectivity index (χ2n) is 7.30. The van der Waals surface area contributed by atoms with Gasteiger partial charge in [-0.3, -0.25) is 9.48 Å². The summed E-state index contributed by atoms with van der Waals surface area (Å²) in [6.07, 6.45) is 4.39. The van der Waals surface area contributed by atoms with E-state index >= 15 is 0 Å². The third-order valence-corrected chi connectivity index (χ3v) is 7.04. The van der Waals surface area contributed by atoms with Crippen LogP contribution in [0.25, 0.3) is 11.3 Å². The molecular weight excluding hydrogens is 460 g/mol. The van der Waals surface area contributed by atoms with Crippen LogP contribution in [-0.2, 0) is 19.4 Å². The number of ketones is 1. The van der Waals surface area contributed by atoms with Crippen LogP contribution in [0.2, 0.25) is 0 Å². The predicted molar refractivity (Wildman–Crippen MR) is 113 cm³/mol. The number of hydrogen-bond acceptors (Lipinski definition) is 4. The molecule has 3 aromatic rings. The Kier molecular flexibility index (Phi) is 5.94. The first-order chi connectivity index (χ1) is 14.0. The Balaban J connectivity index is 1.53. The minimum absolute atomic E-state index is 0.0308. The van der Waals surface area contributed by atoms with E-state index in [9.17, 15) is 13.6 Å². The first kappa shape index (κ1) is 20.4. The average Bonchev–Trinajstić information content (AvgIpc) is 3.23. The number of hydrogen-bond donors (Lipinski definition) is 1. The number of aromatic nitrogens is 2. The summed E-state index contributed by atoms with van der Waals surface area (Å²) in [5, 5.41) is 4.41. The quantitative estimate of drug-likeness (QED) is 0.506. The molecule has 152 valence electrons. The van der Waals surface area contributed by atoms with E-state index < -0.39 is 11.6 Å². The van der Waals surface area contributed by atoms with Crippen LogP contribution in [-0.4, -0.2) is 22.1 Å². The first-order valence-electron chi connectivity index (χ1n) is 9.48. The molecule has 4 rings (SSSR count). The Bertz CT molecular complexity index is 1060. The van der Waals surface area contributed by atoms with Crippen molar-refractivity contribution in [2.45, 2.75) is 32.2 Å². The molecule has 1 aromatic carbocycles. The molecule has 0 saturated carbocycles. The molecule has 0 saturated heterocycles. The smallest absolute Gasteiger partial charge is 0.173 e. The lowest BCUT2D eigenvalue weighted by Gasteiger charge is -2.13. The van der Waals surface area contributed by atoms with Gasteiger partial charge in [0.2, 0.25) is 0 Å². The van der Waals surface area contributed by atoms with Gasteiger partial charge in [-0.1, -0.05) is 6.07 Å². The molecule has 29 heavy (non-hydrogen) atoms. The second kappa shape index (κ2) is 8.45. The maximum atomic E-state index is 13.5.